The van der Waals surface area contributed by atoms with Crippen LogP contribution in [0.1, 0.15) is 11.1 Å². The van der Waals surface area contributed by atoms with E-state index in [1.807, 2.05) is 0 Å². The minimum absolute atomic E-state index is 0.0772. The van der Waals surface area contributed by atoms with Gasteiger partial charge in [0.2, 0.25) is 5.91 Å². The lowest BCUT2D eigenvalue weighted by Gasteiger charge is -2.10. The van der Waals surface area contributed by atoms with Crippen LogP contribution in [-0.4, -0.2) is 20.6 Å². The molecule has 0 spiro atoms. The number of nitrogens with one attached hydrogen (secondary N) is 1. The second kappa shape index (κ2) is 6.07. The smallest absolute Gasteiger partial charge is 0.326 e. The molecule has 0 atom stereocenters. The van der Waals surface area contributed by atoms with E-state index in [0.29, 0.717) is 17.7 Å². The number of carbonyl (C=O) groups is 1. The Morgan fingerprint density at radius 1 is 1.43 bits per heavy atom. The number of rotatable bonds is 4. The Morgan fingerprint density at radius 3 is 2.65 bits per heavy atom. The van der Waals surface area contributed by atoms with E-state index in [1.54, 1.807) is 13.2 Å². The van der Waals surface area contributed by atoms with Crippen molar-refractivity contribution in [3.63, 3.8) is 0 Å². The molecule has 10 heteroatoms. The molecular formula is C13H11F3N4O3. The van der Waals surface area contributed by atoms with Crippen LogP contribution in [0.2, 0.25) is 0 Å². The van der Waals surface area contributed by atoms with E-state index in [-0.39, 0.29) is 12.1 Å². The summed E-state index contributed by atoms with van der Waals surface area (Å²) < 4.78 is 40.0. The summed E-state index contributed by atoms with van der Waals surface area (Å²) in [4.78, 5) is 21.3. The number of alkyl halides is 3. The third-order valence-corrected chi connectivity index (χ3v) is 2.91. The summed E-state index contributed by atoms with van der Waals surface area (Å²) in [6, 6.07) is 2.30. The molecule has 1 aromatic heterocycles. The molecule has 0 fully saturated rings. The number of halogens is 3. The fourth-order valence-electron chi connectivity index (χ4n) is 1.95. The minimum Gasteiger partial charge on any atom is -0.326 e. The summed E-state index contributed by atoms with van der Waals surface area (Å²) >= 11 is 0. The van der Waals surface area contributed by atoms with Crippen LogP contribution in [0.15, 0.2) is 30.6 Å². The first-order valence-corrected chi connectivity index (χ1v) is 6.30. The third kappa shape index (κ3) is 4.05. The van der Waals surface area contributed by atoms with E-state index in [2.05, 4.69) is 10.4 Å². The number of benzene rings is 1. The second-order valence-corrected chi connectivity index (χ2v) is 4.73. The largest absolute Gasteiger partial charge is 0.423 e. The zero-order chi connectivity index (χ0) is 17.2. The molecule has 0 aliphatic heterocycles. The SMILES string of the molecule is Cn1cc(CC(=O)Nc2ccc([N+](=O)[O-])c(C(F)(F)F)c2)cn1. The topological polar surface area (TPSA) is 90.1 Å². The zero-order valence-electron chi connectivity index (χ0n) is 11.8. The van der Waals surface area contributed by atoms with Gasteiger partial charge < -0.3 is 5.32 Å². The van der Waals surface area contributed by atoms with E-state index >= 15 is 0 Å². The average Bonchev–Trinajstić information content (AvgIpc) is 2.82. The van der Waals surface area contributed by atoms with Gasteiger partial charge in [-0.25, -0.2) is 0 Å². The average molecular weight is 328 g/mol. The van der Waals surface area contributed by atoms with Gasteiger partial charge in [0.15, 0.2) is 0 Å². The summed E-state index contributed by atoms with van der Waals surface area (Å²) in [7, 11) is 1.66. The van der Waals surface area contributed by atoms with Gasteiger partial charge >= 0.3 is 6.18 Å². The van der Waals surface area contributed by atoms with Crippen molar-refractivity contribution >= 4 is 17.3 Å². The van der Waals surface area contributed by atoms with Crippen LogP contribution in [0, 0.1) is 10.1 Å². The lowest BCUT2D eigenvalue weighted by molar-refractivity contribution is -0.388. The highest BCUT2D eigenvalue weighted by molar-refractivity contribution is 5.92. The van der Waals surface area contributed by atoms with Crippen molar-refractivity contribution in [2.75, 3.05) is 5.32 Å². The molecule has 23 heavy (non-hydrogen) atoms. The van der Waals surface area contributed by atoms with Crippen LogP contribution in [0.3, 0.4) is 0 Å². The van der Waals surface area contributed by atoms with Crippen molar-refractivity contribution in [1.82, 2.24) is 9.78 Å². The second-order valence-electron chi connectivity index (χ2n) is 4.73. The summed E-state index contributed by atoms with van der Waals surface area (Å²) in [5.74, 6) is -0.556. The molecule has 0 unspecified atom stereocenters. The van der Waals surface area contributed by atoms with Crippen LogP contribution < -0.4 is 5.32 Å². The number of hydrogen-bond donors (Lipinski definition) is 1. The number of aromatic nitrogens is 2. The lowest BCUT2D eigenvalue weighted by atomic mass is 10.1. The number of hydrogen-bond acceptors (Lipinski definition) is 4. The highest BCUT2D eigenvalue weighted by atomic mass is 19.4. The Labute approximate surface area is 127 Å². The van der Waals surface area contributed by atoms with Gasteiger partial charge in [-0.3, -0.25) is 19.6 Å². The maximum absolute atomic E-state index is 12.8. The van der Waals surface area contributed by atoms with E-state index < -0.39 is 28.3 Å². The van der Waals surface area contributed by atoms with Crippen LogP contribution >= 0.6 is 0 Å². The molecule has 0 bridgehead atoms. The minimum atomic E-state index is -4.90. The van der Waals surface area contributed by atoms with Crippen LogP contribution in [0.5, 0.6) is 0 Å². The maximum atomic E-state index is 12.8. The van der Waals surface area contributed by atoms with Crippen LogP contribution in [0.4, 0.5) is 24.5 Å². The van der Waals surface area contributed by atoms with E-state index in [1.165, 1.54) is 10.9 Å². The third-order valence-electron chi connectivity index (χ3n) is 2.91. The number of carbonyl (C=O) groups excluding carboxylic acids is 1. The van der Waals surface area contributed by atoms with Gasteiger partial charge in [0, 0.05) is 25.0 Å². The highest BCUT2D eigenvalue weighted by Gasteiger charge is 2.38. The molecular weight excluding hydrogens is 317 g/mol. The number of nitrogens with zero attached hydrogens (tertiary/aromatic N) is 3. The molecule has 1 aromatic carbocycles. The Balaban J connectivity index is 2.20. The van der Waals surface area contributed by atoms with Gasteiger partial charge in [0.1, 0.15) is 5.56 Å². The Hall–Kier alpha value is -2.91. The van der Waals surface area contributed by atoms with Gasteiger partial charge in [-0.1, -0.05) is 0 Å². The predicted octanol–water partition coefficient (Wildman–Crippen LogP) is 2.53. The van der Waals surface area contributed by atoms with Gasteiger partial charge in [-0.15, -0.1) is 0 Å². The Bertz CT molecular complexity index is 755. The molecule has 2 aromatic rings. The zero-order valence-corrected chi connectivity index (χ0v) is 11.8. The summed E-state index contributed by atoms with van der Waals surface area (Å²) in [5.41, 5.74) is -2.07. The van der Waals surface area contributed by atoms with Crippen molar-refractivity contribution in [3.05, 3.63) is 51.8 Å². The molecule has 0 saturated heterocycles. The first-order chi connectivity index (χ1) is 10.7. The Morgan fingerprint density at radius 2 is 2.13 bits per heavy atom. The van der Waals surface area contributed by atoms with Crippen molar-refractivity contribution in [1.29, 1.82) is 0 Å². The normalized spacial score (nSPS) is 11.3. The molecule has 0 aliphatic rings. The van der Waals surface area contributed by atoms with Gasteiger partial charge in [-0.05, 0) is 17.7 Å². The van der Waals surface area contributed by atoms with Gasteiger partial charge in [-0.2, -0.15) is 18.3 Å². The summed E-state index contributed by atoms with van der Waals surface area (Å²) in [5, 5.41) is 16.8. The predicted molar refractivity (Wildman–Crippen MR) is 73.6 cm³/mol. The Kier molecular flexibility index (Phi) is 4.34. The van der Waals surface area contributed by atoms with Crippen molar-refractivity contribution < 1.29 is 22.9 Å². The molecule has 1 N–H and O–H groups in total. The number of nitro benzene ring substituents is 1. The number of aryl methyl sites for hydroxylation is 1. The molecule has 0 saturated carbocycles. The van der Waals surface area contributed by atoms with Crippen molar-refractivity contribution in [2.24, 2.45) is 7.05 Å². The molecule has 122 valence electrons. The highest BCUT2D eigenvalue weighted by Crippen LogP contribution is 2.37. The molecule has 7 nitrogen and oxygen atoms in total. The van der Waals surface area contributed by atoms with Crippen LogP contribution in [0.25, 0.3) is 0 Å². The number of amides is 1. The molecule has 1 heterocycles. The first kappa shape index (κ1) is 16.5. The van der Waals surface area contributed by atoms with E-state index in [4.69, 9.17) is 0 Å². The van der Waals surface area contributed by atoms with E-state index in [0.717, 1.165) is 6.07 Å². The number of anilines is 1. The fraction of sp³-hybridized carbons (Fsp3) is 0.231. The summed E-state index contributed by atoms with van der Waals surface area (Å²) in [6.45, 7) is 0. The van der Waals surface area contributed by atoms with Gasteiger partial charge in [0.05, 0.1) is 17.5 Å². The van der Waals surface area contributed by atoms with Gasteiger partial charge in [0.25, 0.3) is 5.69 Å². The molecule has 2 rings (SSSR count). The molecule has 0 aliphatic carbocycles. The monoisotopic (exact) mass is 328 g/mol. The fourth-order valence-corrected chi connectivity index (χ4v) is 1.95. The lowest BCUT2D eigenvalue weighted by Crippen LogP contribution is -2.15. The van der Waals surface area contributed by atoms with Crippen molar-refractivity contribution in [3.8, 4) is 0 Å². The maximum Gasteiger partial charge on any atom is 0.423 e. The summed E-state index contributed by atoms with van der Waals surface area (Å²) in [6.07, 6.45) is -1.92. The van der Waals surface area contributed by atoms with Crippen LogP contribution in [-0.2, 0) is 24.4 Å². The molecule has 1 amide bonds. The number of nitro groups is 1. The first-order valence-electron chi connectivity index (χ1n) is 6.30. The molecule has 0 radical (unpaired) electrons. The quantitative estimate of drug-likeness (QED) is 0.690. The standard InChI is InChI=1S/C13H11F3N4O3/c1-19-7-8(6-17-19)4-12(21)18-9-2-3-11(20(22)23)10(5-9)13(14,15)16/h2-3,5-7H,4H2,1H3,(H,18,21). The van der Waals surface area contributed by atoms with Crippen molar-refractivity contribution in [2.45, 2.75) is 12.6 Å². The van der Waals surface area contributed by atoms with E-state index in [9.17, 15) is 28.1 Å².